The molecule has 2 aliphatic heterocycles. The van der Waals surface area contributed by atoms with Crippen LogP contribution in [-0.2, 0) is 9.84 Å². The molecule has 38 heavy (non-hydrogen) atoms. The van der Waals surface area contributed by atoms with Crippen molar-refractivity contribution in [2.45, 2.75) is 24.8 Å². The van der Waals surface area contributed by atoms with Gasteiger partial charge < -0.3 is 20.4 Å². The van der Waals surface area contributed by atoms with Crippen molar-refractivity contribution in [3.8, 4) is 11.3 Å². The van der Waals surface area contributed by atoms with E-state index < -0.39 is 38.0 Å². The summed E-state index contributed by atoms with van der Waals surface area (Å²) in [5.41, 5.74) is -0.357. The minimum Gasteiger partial charge on any atom is -0.367 e. The van der Waals surface area contributed by atoms with Gasteiger partial charge in [0.2, 0.25) is 5.95 Å². The Bertz CT molecular complexity index is 1500. The van der Waals surface area contributed by atoms with Gasteiger partial charge in [0.05, 0.1) is 29.0 Å². The predicted octanol–water partition coefficient (Wildman–Crippen LogP) is 3.86. The number of piperazine rings is 1. The SMILES string of the molecule is CC(C)N1CCS(=O)(=O)c2c(F)cc(-c3nc(Nc4ccc(N5CCNCC5)c(F)c4F)ncc3F)cc21. The van der Waals surface area contributed by atoms with E-state index in [0.29, 0.717) is 26.2 Å². The summed E-state index contributed by atoms with van der Waals surface area (Å²) in [6, 6.07) is 4.90. The van der Waals surface area contributed by atoms with Crippen molar-refractivity contribution < 1.29 is 26.0 Å². The van der Waals surface area contributed by atoms with E-state index in [1.807, 2.05) is 13.8 Å². The second-order valence-corrected chi connectivity index (χ2v) is 11.5. The Morgan fingerprint density at radius 1 is 0.974 bits per heavy atom. The van der Waals surface area contributed by atoms with Gasteiger partial charge in [-0.15, -0.1) is 0 Å². The standard InChI is InChI=1S/C25H26F4N6O2S/c1-14(2)35-9-10-38(36,37)24-16(26)11-15(12-20(24)35)23-17(27)13-31-25(33-23)32-18-3-4-19(22(29)21(18)28)34-7-5-30-6-8-34/h3-4,11-14,30H,5-10H2,1-2H3,(H,31,32,33). The summed E-state index contributed by atoms with van der Waals surface area (Å²) in [4.78, 5) is 10.9. The summed E-state index contributed by atoms with van der Waals surface area (Å²) in [7, 11) is -3.86. The summed E-state index contributed by atoms with van der Waals surface area (Å²) < 4.78 is 84.9. The van der Waals surface area contributed by atoms with Crippen molar-refractivity contribution in [3.63, 3.8) is 0 Å². The Morgan fingerprint density at radius 3 is 2.42 bits per heavy atom. The monoisotopic (exact) mass is 550 g/mol. The highest BCUT2D eigenvalue weighted by molar-refractivity contribution is 7.91. The molecular formula is C25H26F4N6O2S. The molecule has 3 heterocycles. The molecule has 1 saturated heterocycles. The molecule has 202 valence electrons. The highest BCUT2D eigenvalue weighted by Crippen LogP contribution is 2.38. The normalized spacial score (nSPS) is 17.0. The zero-order chi connectivity index (χ0) is 27.2. The fraction of sp³-hybridized carbons (Fsp3) is 0.360. The third-order valence-electron chi connectivity index (χ3n) is 6.65. The third kappa shape index (κ3) is 4.75. The first-order valence-electron chi connectivity index (χ1n) is 12.1. The fourth-order valence-corrected chi connectivity index (χ4v) is 6.24. The van der Waals surface area contributed by atoms with Crippen molar-refractivity contribution in [2.24, 2.45) is 0 Å². The van der Waals surface area contributed by atoms with Gasteiger partial charge in [-0.3, -0.25) is 0 Å². The molecule has 5 rings (SSSR count). The van der Waals surface area contributed by atoms with E-state index in [4.69, 9.17) is 0 Å². The first-order valence-corrected chi connectivity index (χ1v) is 13.8. The van der Waals surface area contributed by atoms with Crippen LogP contribution >= 0.6 is 0 Å². The summed E-state index contributed by atoms with van der Waals surface area (Å²) in [6.45, 7) is 6.18. The van der Waals surface area contributed by atoms with Crippen LogP contribution < -0.4 is 20.4 Å². The van der Waals surface area contributed by atoms with Crippen molar-refractivity contribution >= 4 is 32.8 Å². The Morgan fingerprint density at radius 2 is 1.71 bits per heavy atom. The topological polar surface area (TPSA) is 90.5 Å². The Balaban J connectivity index is 1.51. The number of anilines is 4. The van der Waals surface area contributed by atoms with E-state index in [1.54, 1.807) is 9.80 Å². The highest BCUT2D eigenvalue weighted by Gasteiger charge is 2.34. The second kappa shape index (κ2) is 10.0. The second-order valence-electron chi connectivity index (χ2n) is 9.42. The highest BCUT2D eigenvalue weighted by atomic mass is 32.2. The molecule has 2 aromatic carbocycles. The Labute approximate surface area is 217 Å². The molecule has 0 atom stereocenters. The predicted molar refractivity (Wildman–Crippen MR) is 137 cm³/mol. The maximum absolute atomic E-state index is 15.1. The molecule has 0 aliphatic carbocycles. The quantitative estimate of drug-likeness (QED) is 0.463. The van der Waals surface area contributed by atoms with Gasteiger partial charge in [-0.25, -0.2) is 35.9 Å². The molecule has 0 bridgehead atoms. The fourth-order valence-electron chi connectivity index (χ4n) is 4.75. The summed E-state index contributed by atoms with van der Waals surface area (Å²) in [5, 5.41) is 5.71. The smallest absolute Gasteiger partial charge is 0.228 e. The Hall–Kier alpha value is -3.45. The van der Waals surface area contributed by atoms with Gasteiger partial charge >= 0.3 is 0 Å². The van der Waals surface area contributed by atoms with Crippen LogP contribution in [0.1, 0.15) is 13.8 Å². The van der Waals surface area contributed by atoms with E-state index >= 15 is 4.39 Å². The number of aromatic nitrogens is 2. The number of rotatable bonds is 5. The molecule has 0 radical (unpaired) electrons. The average molecular weight is 551 g/mol. The molecule has 0 saturated carbocycles. The van der Waals surface area contributed by atoms with Crippen LogP contribution in [-0.4, -0.2) is 62.9 Å². The lowest BCUT2D eigenvalue weighted by molar-refractivity contribution is 0.502. The van der Waals surface area contributed by atoms with Crippen LogP contribution in [0, 0.1) is 23.3 Å². The molecule has 0 unspecified atom stereocenters. The van der Waals surface area contributed by atoms with Crippen LogP contribution in [0.15, 0.2) is 35.4 Å². The number of hydrogen-bond acceptors (Lipinski definition) is 8. The zero-order valence-electron chi connectivity index (χ0n) is 20.7. The number of fused-ring (bicyclic) bond motifs is 1. The van der Waals surface area contributed by atoms with Gasteiger partial charge in [0.1, 0.15) is 16.4 Å². The lowest BCUT2D eigenvalue weighted by Gasteiger charge is -2.34. The van der Waals surface area contributed by atoms with Gasteiger partial charge in [-0.05, 0) is 38.1 Å². The van der Waals surface area contributed by atoms with Gasteiger partial charge in [-0.2, -0.15) is 0 Å². The van der Waals surface area contributed by atoms with Crippen LogP contribution in [0.3, 0.4) is 0 Å². The lowest BCUT2D eigenvalue weighted by Crippen LogP contribution is -2.44. The average Bonchev–Trinajstić information content (AvgIpc) is 2.87. The zero-order valence-corrected chi connectivity index (χ0v) is 21.5. The summed E-state index contributed by atoms with van der Waals surface area (Å²) in [6.07, 6.45) is 0.822. The van der Waals surface area contributed by atoms with Gasteiger partial charge in [0.15, 0.2) is 27.3 Å². The molecule has 0 spiro atoms. The minimum absolute atomic E-state index is 0.0207. The third-order valence-corrected chi connectivity index (χ3v) is 8.40. The van der Waals surface area contributed by atoms with E-state index in [9.17, 15) is 21.6 Å². The molecule has 3 aromatic rings. The number of nitrogens with zero attached hydrogens (tertiary/aromatic N) is 4. The molecule has 1 aromatic heterocycles. The number of halogens is 4. The molecule has 1 fully saturated rings. The molecule has 2 N–H and O–H groups in total. The van der Waals surface area contributed by atoms with Crippen molar-refractivity contribution in [3.05, 3.63) is 53.7 Å². The van der Waals surface area contributed by atoms with Gasteiger partial charge in [0.25, 0.3) is 0 Å². The minimum atomic E-state index is -3.86. The molecule has 13 heteroatoms. The first kappa shape index (κ1) is 26.2. The van der Waals surface area contributed by atoms with E-state index in [2.05, 4.69) is 20.6 Å². The number of sulfone groups is 1. The maximum atomic E-state index is 15.1. The van der Waals surface area contributed by atoms with Crippen molar-refractivity contribution in [1.82, 2.24) is 15.3 Å². The van der Waals surface area contributed by atoms with Gasteiger partial charge in [-0.1, -0.05) is 0 Å². The summed E-state index contributed by atoms with van der Waals surface area (Å²) >= 11 is 0. The van der Waals surface area contributed by atoms with Crippen LogP contribution in [0.4, 0.5) is 40.6 Å². The lowest BCUT2D eigenvalue weighted by atomic mass is 10.1. The first-order chi connectivity index (χ1) is 18.1. The number of benzene rings is 2. The number of nitrogens with one attached hydrogen (secondary N) is 2. The van der Waals surface area contributed by atoms with Crippen molar-refractivity contribution in [2.75, 3.05) is 53.6 Å². The summed E-state index contributed by atoms with van der Waals surface area (Å²) in [5.74, 6) is -4.59. The molecule has 2 aliphatic rings. The van der Waals surface area contributed by atoms with Gasteiger partial charge in [0, 0.05) is 44.3 Å². The van der Waals surface area contributed by atoms with Crippen LogP contribution in [0.2, 0.25) is 0 Å². The van der Waals surface area contributed by atoms with Crippen LogP contribution in [0.5, 0.6) is 0 Å². The van der Waals surface area contributed by atoms with E-state index in [-0.39, 0.29) is 52.6 Å². The van der Waals surface area contributed by atoms with E-state index in [0.717, 1.165) is 12.3 Å². The molecular weight excluding hydrogens is 524 g/mol. The van der Waals surface area contributed by atoms with Crippen LogP contribution in [0.25, 0.3) is 11.3 Å². The Kier molecular flexibility index (Phi) is 6.90. The molecule has 0 amide bonds. The van der Waals surface area contributed by atoms with E-state index in [1.165, 1.54) is 18.2 Å². The van der Waals surface area contributed by atoms with Crippen molar-refractivity contribution in [1.29, 1.82) is 0 Å². The maximum Gasteiger partial charge on any atom is 0.228 e. The largest absolute Gasteiger partial charge is 0.367 e. The number of hydrogen-bond donors (Lipinski definition) is 2. The molecule has 8 nitrogen and oxygen atoms in total.